The molecule has 5 nitrogen and oxygen atoms in total. The molecule has 20 heavy (non-hydrogen) atoms. The SMILES string of the molecule is CC1CCCC(CCNC(=O)c2ccnc(NN)c2)C1. The molecule has 1 aromatic rings. The molecule has 0 spiro atoms. The number of nitrogens with one attached hydrogen (secondary N) is 2. The van der Waals surface area contributed by atoms with Crippen molar-refractivity contribution in [2.24, 2.45) is 17.7 Å². The molecule has 0 aliphatic heterocycles. The van der Waals surface area contributed by atoms with Crippen LogP contribution in [0.2, 0.25) is 0 Å². The lowest BCUT2D eigenvalue weighted by Crippen LogP contribution is -2.27. The lowest BCUT2D eigenvalue weighted by Gasteiger charge is -2.26. The normalized spacial score (nSPS) is 22.3. The number of nitrogen functional groups attached to an aromatic ring is 1. The van der Waals surface area contributed by atoms with E-state index in [2.05, 4.69) is 22.7 Å². The maximum Gasteiger partial charge on any atom is 0.251 e. The topological polar surface area (TPSA) is 80.0 Å². The fraction of sp³-hybridized carbons (Fsp3) is 0.600. The van der Waals surface area contributed by atoms with Crippen molar-refractivity contribution in [1.29, 1.82) is 0 Å². The van der Waals surface area contributed by atoms with E-state index in [1.165, 1.54) is 25.7 Å². The smallest absolute Gasteiger partial charge is 0.251 e. The monoisotopic (exact) mass is 276 g/mol. The van der Waals surface area contributed by atoms with E-state index >= 15 is 0 Å². The van der Waals surface area contributed by atoms with E-state index in [-0.39, 0.29) is 5.91 Å². The lowest BCUT2D eigenvalue weighted by atomic mass is 9.81. The molecular weight excluding hydrogens is 252 g/mol. The van der Waals surface area contributed by atoms with Crippen LogP contribution < -0.4 is 16.6 Å². The first-order valence-corrected chi connectivity index (χ1v) is 7.40. The molecule has 1 aromatic heterocycles. The number of aromatic nitrogens is 1. The predicted molar refractivity (Wildman–Crippen MR) is 80.1 cm³/mol. The molecule has 1 aliphatic rings. The zero-order chi connectivity index (χ0) is 14.4. The molecule has 0 saturated heterocycles. The van der Waals surface area contributed by atoms with Gasteiger partial charge in [-0.1, -0.05) is 26.2 Å². The Kier molecular flexibility index (Phi) is 5.35. The molecule has 4 N–H and O–H groups in total. The molecule has 1 heterocycles. The summed E-state index contributed by atoms with van der Waals surface area (Å²) in [5.41, 5.74) is 3.03. The van der Waals surface area contributed by atoms with Gasteiger partial charge in [0.1, 0.15) is 5.82 Å². The van der Waals surface area contributed by atoms with Crippen molar-refractivity contribution in [2.75, 3.05) is 12.0 Å². The fourth-order valence-electron chi connectivity index (χ4n) is 2.96. The summed E-state index contributed by atoms with van der Waals surface area (Å²) >= 11 is 0. The highest BCUT2D eigenvalue weighted by Crippen LogP contribution is 2.30. The van der Waals surface area contributed by atoms with Crippen molar-refractivity contribution >= 4 is 11.7 Å². The Morgan fingerprint density at radius 3 is 3.10 bits per heavy atom. The van der Waals surface area contributed by atoms with E-state index in [9.17, 15) is 4.79 Å². The lowest BCUT2D eigenvalue weighted by molar-refractivity contribution is 0.0949. The predicted octanol–water partition coefficient (Wildman–Crippen LogP) is 2.31. The highest BCUT2D eigenvalue weighted by atomic mass is 16.1. The summed E-state index contributed by atoms with van der Waals surface area (Å²) < 4.78 is 0. The largest absolute Gasteiger partial charge is 0.352 e. The number of amides is 1. The van der Waals surface area contributed by atoms with Gasteiger partial charge in [0.15, 0.2) is 0 Å². The average molecular weight is 276 g/mol. The minimum absolute atomic E-state index is 0.0623. The molecule has 1 amide bonds. The number of nitrogens with two attached hydrogens (primary N) is 1. The molecule has 1 saturated carbocycles. The van der Waals surface area contributed by atoms with Gasteiger partial charge in [0, 0.05) is 18.3 Å². The van der Waals surface area contributed by atoms with Gasteiger partial charge in [-0.2, -0.15) is 0 Å². The third-order valence-electron chi connectivity index (χ3n) is 4.05. The molecule has 0 radical (unpaired) electrons. The van der Waals surface area contributed by atoms with Gasteiger partial charge < -0.3 is 10.7 Å². The van der Waals surface area contributed by atoms with Crippen LogP contribution in [0.25, 0.3) is 0 Å². The number of hydrogen-bond donors (Lipinski definition) is 3. The van der Waals surface area contributed by atoms with E-state index < -0.39 is 0 Å². The van der Waals surface area contributed by atoms with E-state index in [1.54, 1.807) is 18.3 Å². The highest BCUT2D eigenvalue weighted by molar-refractivity contribution is 5.94. The molecule has 5 heteroatoms. The minimum Gasteiger partial charge on any atom is -0.352 e. The van der Waals surface area contributed by atoms with Crippen LogP contribution in [0.5, 0.6) is 0 Å². The summed E-state index contributed by atoms with van der Waals surface area (Å²) in [6, 6.07) is 3.34. The molecule has 0 aromatic carbocycles. The van der Waals surface area contributed by atoms with Crippen LogP contribution in [0.4, 0.5) is 5.82 Å². The highest BCUT2D eigenvalue weighted by Gasteiger charge is 2.18. The van der Waals surface area contributed by atoms with Crippen molar-refractivity contribution in [3.8, 4) is 0 Å². The molecule has 1 fully saturated rings. The summed E-state index contributed by atoms with van der Waals surface area (Å²) in [6.45, 7) is 3.06. The molecule has 2 unspecified atom stereocenters. The van der Waals surface area contributed by atoms with E-state index in [0.29, 0.717) is 11.4 Å². The van der Waals surface area contributed by atoms with Crippen molar-refractivity contribution in [3.63, 3.8) is 0 Å². The van der Waals surface area contributed by atoms with Crippen molar-refractivity contribution in [3.05, 3.63) is 23.9 Å². The third-order valence-corrected chi connectivity index (χ3v) is 4.05. The number of hydrazine groups is 1. The van der Waals surface area contributed by atoms with Crippen molar-refractivity contribution < 1.29 is 4.79 Å². The third kappa shape index (κ3) is 4.20. The molecule has 110 valence electrons. The Balaban J connectivity index is 1.77. The second-order valence-corrected chi connectivity index (χ2v) is 5.76. The first-order chi connectivity index (χ1) is 9.69. The number of rotatable bonds is 5. The molecule has 2 rings (SSSR count). The maximum atomic E-state index is 12.0. The quantitative estimate of drug-likeness (QED) is 0.569. The summed E-state index contributed by atoms with van der Waals surface area (Å²) in [6.07, 6.45) is 7.93. The first kappa shape index (κ1) is 14.8. The number of hydrogen-bond acceptors (Lipinski definition) is 4. The zero-order valence-electron chi connectivity index (χ0n) is 12.1. The second-order valence-electron chi connectivity index (χ2n) is 5.76. The second kappa shape index (κ2) is 7.24. The Morgan fingerprint density at radius 2 is 2.35 bits per heavy atom. The van der Waals surface area contributed by atoms with Crippen LogP contribution >= 0.6 is 0 Å². The van der Waals surface area contributed by atoms with Gasteiger partial charge in [-0.25, -0.2) is 10.8 Å². The molecular formula is C15H24N4O. The number of carbonyl (C=O) groups excluding carboxylic acids is 1. The van der Waals surface area contributed by atoms with Gasteiger partial charge in [-0.3, -0.25) is 4.79 Å². The first-order valence-electron chi connectivity index (χ1n) is 7.40. The standard InChI is InChI=1S/C15H24N4O/c1-11-3-2-4-12(9-11)5-7-18-15(20)13-6-8-17-14(10-13)19-16/h6,8,10-12H,2-5,7,9,16H2,1H3,(H,17,19)(H,18,20). The summed E-state index contributed by atoms with van der Waals surface area (Å²) in [4.78, 5) is 16.0. The number of carbonyl (C=O) groups is 1. The van der Waals surface area contributed by atoms with Crippen LogP contribution in [0.1, 0.15) is 49.4 Å². The van der Waals surface area contributed by atoms with E-state index in [4.69, 9.17) is 5.84 Å². The van der Waals surface area contributed by atoms with Gasteiger partial charge in [-0.05, 0) is 36.8 Å². The summed E-state index contributed by atoms with van der Waals surface area (Å²) in [7, 11) is 0. The van der Waals surface area contributed by atoms with Gasteiger partial charge in [-0.15, -0.1) is 0 Å². The molecule has 0 bridgehead atoms. The van der Waals surface area contributed by atoms with E-state index in [0.717, 1.165) is 24.8 Å². The van der Waals surface area contributed by atoms with Gasteiger partial charge in [0.2, 0.25) is 0 Å². The molecule has 2 atom stereocenters. The van der Waals surface area contributed by atoms with Crippen LogP contribution in [0.3, 0.4) is 0 Å². The van der Waals surface area contributed by atoms with E-state index in [1.807, 2.05) is 0 Å². The number of anilines is 1. The van der Waals surface area contributed by atoms with Gasteiger partial charge >= 0.3 is 0 Å². The number of nitrogens with zero attached hydrogens (tertiary/aromatic N) is 1. The fourth-order valence-corrected chi connectivity index (χ4v) is 2.96. The molecule has 1 aliphatic carbocycles. The Morgan fingerprint density at radius 1 is 1.50 bits per heavy atom. The maximum absolute atomic E-state index is 12.0. The summed E-state index contributed by atoms with van der Waals surface area (Å²) in [5.74, 6) is 7.32. The summed E-state index contributed by atoms with van der Waals surface area (Å²) in [5, 5.41) is 2.98. The van der Waals surface area contributed by atoms with Crippen LogP contribution in [-0.4, -0.2) is 17.4 Å². The van der Waals surface area contributed by atoms with Crippen LogP contribution in [0.15, 0.2) is 18.3 Å². The van der Waals surface area contributed by atoms with Gasteiger partial charge in [0.25, 0.3) is 5.91 Å². The van der Waals surface area contributed by atoms with Gasteiger partial charge in [0.05, 0.1) is 0 Å². The van der Waals surface area contributed by atoms with Crippen LogP contribution in [0, 0.1) is 11.8 Å². The average Bonchev–Trinajstić information content (AvgIpc) is 2.47. The Labute approximate surface area is 120 Å². The van der Waals surface area contributed by atoms with Crippen molar-refractivity contribution in [2.45, 2.75) is 39.0 Å². The Bertz CT molecular complexity index is 449. The Hall–Kier alpha value is -1.62. The van der Waals surface area contributed by atoms with Crippen LogP contribution in [-0.2, 0) is 0 Å². The zero-order valence-corrected chi connectivity index (χ0v) is 12.1. The minimum atomic E-state index is -0.0623. The van der Waals surface area contributed by atoms with Crippen molar-refractivity contribution in [1.82, 2.24) is 10.3 Å². The number of pyridine rings is 1.